The van der Waals surface area contributed by atoms with Gasteiger partial charge >= 0.3 is 11.8 Å². The van der Waals surface area contributed by atoms with Crippen molar-refractivity contribution in [1.29, 1.82) is 0 Å². The first-order valence-corrected chi connectivity index (χ1v) is 17.8. The van der Waals surface area contributed by atoms with E-state index in [0.29, 0.717) is 38.4 Å². The lowest BCUT2D eigenvalue weighted by molar-refractivity contribution is -0.140. The van der Waals surface area contributed by atoms with Crippen molar-refractivity contribution in [3.63, 3.8) is 0 Å². The number of imidazole rings is 1. The molecule has 3 aromatic rings. The Morgan fingerprint density at radius 2 is 1.61 bits per heavy atom. The topological polar surface area (TPSA) is 105 Å². The Labute approximate surface area is 286 Å². The normalized spacial score (nSPS) is 22.6. The van der Waals surface area contributed by atoms with Gasteiger partial charge in [0.15, 0.2) is 0 Å². The van der Waals surface area contributed by atoms with E-state index in [0.717, 1.165) is 64.8 Å². The molecule has 0 aliphatic carbocycles. The molecule has 4 heterocycles. The minimum Gasteiger partial charge on any atom is -0.465 e. The van der Waals surface area contributed by atoms with E-state index in [1.54, 1.807) is 4.57 Å². The number of carbonyl (C=O) groups is 2. The Kier molecular flexibility index (Phi) is 10.4. The predicted octanol–water partition coefficient (Wildman–Crippen LogP) is 5.15. The number of piperidine rings is 2. The van der Waals surface area contributed by atoms with E-state index in [9.17, 15) is 19.5 Å². The largest absolute Gasteiger partial charge is 0.465 e. The molecule has 2 aromatic carbocycles. The number of nitrogens with zero attached hydrogens (tertiary/aromatic N) is 5. The van der Waals surface area contributed by atoms with Crippen LogP contribution < -0.4 is 5.69 Å². The lowest BCUT2D eigenvalue weighted by Crippen LogP contribution is -2.57. The zero-order valence-corrected chi connectivity index (χ0v) is 29.3. The van der Waals surface area contributed by atoms with Crippen LogP contribution in [0.2, 0.25) is 0 Å². The third kappa shape index (κ3) is 7.30. The third-order valence-electron chi connectivity index (χ3n) is 10.1. The van der Waals surface area contributed by atoms with E-state index in [-0.39, 0.29) is 24.2 Å². The molecule has 0 radical (unpaired) electrons. The minimum atomic E-state index is -1.03. The summed E-state index contributed by atoms with van der Waals surface area (Å²) in [5, 5.41) is 10.4. The lowest BCUT2D eigenvalue weighted by Gasteiger charge is -2.45. The highest BCUT2D eigenvalue weighted by Crippen LogP contribution is 2.35. The SMILES string of the molecule is CN1CCN(C2CCN(C(=O)C(Cc3ccc(Br)c(Br)c3)[C@H]3CC(n4cc(-c5ccccc5)[nH]c4=O)CCN3C(=O)O)CC2)CC1. The van der Waals surface area contributed by atoms with Crippen molar-refractivity contribution in [2.45, 2.75) is 50.2 Å². The summed E-state index contributed by atoms with van der Waals surface area (Å²) in [7, 11) is 2.16. The number of piperazine rings is 1. The summed E-state index contributed by atoms with van der Waals surface area (Å²) in [6.07, 6.45) is 3.92. The molecule has 3 saturated heterocycles. The molecule has 1 aromatic heterocycles. The minimum absolute atomic E-state index is 0.000779. The van der Waals surface area contributed by atoms with Crippen molar-refractivity contribution in [3.8, 4) is 11.3 Å². The maximum absolute atomic E-state index is 14.5. The van der Waals surface area contributed by atoms with E-state index in [1.165, 1.54) is 4.90 Å². The van der Waals surface area contributed by atoms with Crippen molar-refractivity contribution >= 4 is 43.9 Å². The second kappa shape index (κ2) is 14.5. The molecule has 2 unspecified atom stereocenters. The fourth-order valence-electron chi connectivity index (χ4n) is 7.48. The van der Waals surface area contributed by atoms with Gasteiger partial charge in [-0.2, -0.15) is 0 Å². The van der Waals surface area contributed by atoms with E-state index >= 15 is 0 Å². The molecule has 12 heteroatoms. The number of rotatable bonds is 7. The maximum Gasteiger partial charge on any atom is 0.407 e. The van der Waals surface area contributed by atoms with E-state index < -0.39 is 18.1 Å². The molecule has 3 aliphatic rings. The van der Waals surface area contributed by atoms with E-state index in [1.807, 2.05) is 59.6 Å². The van der Waals surface area contributed by atoms with Crippen LogP contribution in [0, 0.1) is 5.92 Å². The van der Waals surface area contributed by atoms with Crippen LogP contribution in [-0.4, -0.2) is 111 Å². The number of hydrogen-bond acceptors (Lipinski definition) is 5. The number of carboxylic acid groups (broad SMARTS) is 1. The summed E-state index contributed by atoms with van der Waals surface area (Å²) >= 11 is 7.15. The molecule has 0 saturated carbocycles. The molecular weight excluding hydrogens is 716 g/mol. The monoisotopic (exact) mass is 756 g/mol. The highest BCUT2D eigenvalue weighted by atomic mass is 79.9. The van der Waals surface area contributed by atoms with Gasteiger partial charge in [0.2, 0.25) is 5.91 Å². The second-order valence-corrected chi connectivity index (χ2v) is 14.6. The Bertz CT molecular complexity index is 1580. The molecule has 3 fully saturated rings. The summed E-state index contributed by atoms with van der Waals surface area (Å²) in [5.41, 5.74) is 2.36. The van der Waals surface area contributed by atoms with Gasteiger partial charge in [0, 0.05) is 79.1 Å². The van der Waals surface area contributed by atoms with Gasteiger partial charge < -0.3 is 24.8 Å². The van der Waals surface area contributed by atoms with E-state index in [4.69, 9.17) is 0 Å². The molecule has 3 aliphatic heterocycles. The van der Waals surface area contributed by atoms with Gasteiger partial charge in [-0.15, -0.1) is 0 Å². The van der Waals surface area contributed by atoms with Gasteiger partial charge in [-0.05, 0) is 94.3 Å². The summed E-state index contributed by atoms with van der Waals surface area (Å²) < 4.78 is 3.50. The number of likely N-dealkylation sites (tertiary alicyclic amines) is 2. The number of H-pyrrole nitrogens is 1. The summed E-state index contributed by atoms with van der Waals surface area (Å²) in [4.78, 5) is 51.7. The first-order chi connectivity index (χ1) is 22.2. The zero-order valence-electron chi connectivity index (χ0n) is 26.2. The van der Waals surface area contributed by atoms with Crippen LogP contribution in [0.15, 0.2) is 68.5 Å². The molecule has 246 valence electrons. The molecular formula is C34H42Br2N6O4. The van der Waals surface area contributed by atoms with Crippen LogP contribution in [0.5, 0.6) is 0 Å². The fraction of sp³-hybridized carbons (Fsp3) is 0.500. The number of halogens is 2. The van der Waals surface area contributed by atoms with Crippen molar-refractivity contribution in [2.24, 2.45) is 5.92 Å². The fourth-order valence-corrected chi connectivity index (χ4v) is 8.15. The second-order valence-electron chi connectivity index (χ2n) is 12.9. The number of benzene rings is 2. The molecule has 3 atom stereocenters. The molecule has 2 amide bonds. The Morgan fingerprint density at radius 1 is 0.913 bits per heavy atom. The number of amides is 2. The van der Waals surface area contributed by atoms with Crippen molar-refractivity contribution in [2.75, 3.05) is 52.9 Å². The third-order valence-corrected chi connectivity index (χ3v) is 12.0. The quantitative estimate of drug-likeness (QED) is 0.346. The molecule has 0 spiro atoms. The Morgan fingerprint density at radius 3 is 2.28 bits per heavy atom. The van der Waals surface area contributed by atoms with Crippen molar-refractivity contribution < 1.29 is 14.7 Å². The number of hydrogen-bond donors (Lipinski definition) is 2. The van der Waals surface area contributed by atoms with Gasteiger partial charge in [0.1, 0.15) is 0 Å². The van der Waals surface area contributed by atoms with Crippen LogP contribution in [0.1, 0.15) is 37.3 Å². The smallest absolute Gasteiger partial charge is 0.407 e. The Hall–Kier alpha value is -2.93. The van der Waals surface area contributed by atoms with Gasteiger partial charge in [0.05, 0.1) is 11.6 Å². The average Bonchev–Trinajstić information content (AvgIpc) is 3.47. The van der Waals surface area contributed by atoms with Crippen LogP contribution in [0.25, 0.3) is 11.3 Å². The van der Waals surface area contributed by atoms with Crippen LogP contribution in [0.3, 0.4) is 0 Å². The predicted molar refractivity (Wildman–Crippen MR) is 185 cm³/mol. The highest BCUT2D eigenvalue weighted by Gasteiger charge is 2.43. The molecule has 0 bridgehead atoms. The van der Waals surface area contributed by atoms with Crippen molar-refractivity contribution in [3.05, 3.63) is 79.7 Å². The number of carbonyl (C=O) groups excluding carboxylic acids is 1. The van der Waals surface area contributed by atoms with Crippen molar-refractivity contribution in [1.82, 2.24) is 29.2 Å². The molecule has 2 N–H and O–H groups in total. The van der Waals surface area contributed by atoms with Gasteiger partial charge in [0.25, 0.3) is 0 Å². The van der Waals surface area contributed by atoms with Gasteiger partial charge in [-0.1, -0.05) is 36.4 Å². The molecule has 46 heavy (non-hydrogen) atoms. The summed E-state index contributed by atoms with van der Waals surface area (Å²) in [5.74, 6) is -0.588. The average molecular weight is 759 g/mol. The first-order valence-electron chi connectivity index (χ1n) is 16.2. The zero-order chi connectivity index (χ0) is 32.4. The molecule has 10 nitrogen and oxygen atoms in total. The number of nitrogens with one attached hydrogen (secondary N) is 1. The first kappa shape index (κ1) is 33.0. The highest BCUT2D eigenvalue weighted by molar-refractivity contribution is 9.13. The summed E-state index contributed by atoms with van der Waals surface area (Å²) in [6.45, 7) is 5.82. The standard InChI is InChI=1S/C34H42Br2N6O4/c1-38-15-17-39(18-16-38)25-9-12-40(13-10-25)32(43)27(19-23-7-8-28(35)29(36)20-23)31-21-26(11-14-41(31)34(45)46)42-22-30(37-33(42)44)24-5-3-2-4-6-24/h2-8,20,22,25-27,31H,9-19,21H2,1H3,(H,37,44)(H,45,46)/t26?,27?,31-/m1/s1. The van der Waals surface area contributed by atoms with Crippen LogP contribution in [-0.2, 0) is 11.2 Å². The maximum atomic E-state index is 14.5. The number of aromatic amines is 1. The Balaban J connectivity index is 1.26. The number of likely N-dealkylation sites (N-methyl/N-ethyl adjacent to an activating group) is 1. The molecule has 6 rings (SSSR count). The summed E-state index contributed by atoms with van der Waals surface area (Å²) in [6, 6.07) is 15.3. The van der Waals surface area contributed by atoms with Gasteiger partial charge in [-0.25, -0.2) is 9.59 Å². The lowest BCUT2D eigenvalue weighted by atomic mass is 9.82. The van der Waals surface area contributed by atoms with Crippen LogP contribution >= 0.6 is 31.9 Å². The van der Waals surface area contributed by atoms with Crippen LogP contribution in [0.4, 0.5) is 4.79 Å². The van der Waals surface area contributed by atoms with Gasteiger partial charge in [-0.3, -0.25) is 14.3 Å². The van der Waals surface area contributed by atoms with E-state index in [2.05, 4.69) is 53.7 Å². The number of aromatic nitrogens is 2.